The van der Waals surface area contributed by atoms with E-state index in [9.17, 15) is 8.42 Å². The van der Waals surface area contributed by atoms with E-state index in [4.69, 9.17) is 23.2 Å². The zero-order valence-electron chi connectivity index (χ0n) is 9.65. The summed E-state index contributed by atoms with van der Waals surface area (Å²) in [6.45, 7) is 3.82. The van der Waals surface area contributed by atoms with Gasteiger partial charge in [-0.05, 0) is 24.1 Å². The van der Waals surface area contributed by atoms with Crippen LogP contribution in [0.15, 0.2) is 29.2 Å². The number of rotatable bonds is 5. The van der Waals surface area contributed by atoms with Crippen molar-refractivity contribution in [3.63, 3.8) is 0 Å². The monoisotopic (exact) mass is 295 g/mol. The summed E-state index contributed by atoms with van der Waals surface area (Å²) in [5.74, 6) is 0.360. The summed E-state index contributed by atoms with van der Waals surface area (Å²) in [6, 6.07) is 5.85. The van der Waals surface area contributed by atoms with E-state index < -0.39 is 10.0 Å². The Morgan fingerprint density at radius 2 is 2.00 bits per heavy atom. The number of benzene rings is 1. The second-order valence-corrected chi connectivity index (χ2v) is 6.54. The van der Waals surface area contributed by atoms with Crippen molar-refractivity contribution in [3.8, 4) is 0 Å². The minimum absolute atomic E-state index is 0.126. The normalized spacial score (nSPS) is 13.9. The van der Waals surface area contributed by atoms with Gasteiger partial charge in [0.25, 0.3) is 0 Å². The molecule has 0 spiro atoms. The van der Waals surface area contributed by atoms with Gasteiger partial charge in [-0.25, -0.2) is 13.1 Å². The Labute approximate surface area is 112 Å². The minimum atomic E-state index is -3.56. The number of hydrogen-bond donors (Lipinski definition) is 1. The Kier molecular flexibility index (Phi) is 5.25. The Balaban J connectivity index is 2.96. The molecule has 0 amide bonds. The zero-order chi connectivity index (χ0) is 13.1. The van der Waals surface area contributed by atoms with Gasteiger partial charge in [-0.15, -0.1) is 11.6 Å². The van der Waals surface area contributed by atoms with Crippen LogP contribution in [0.5, 0.6) is 0 Å². The lowest BCUT2D eigenvalue weighted by atomic mass is 10.1. The SMILES string of the molecule is CC(C)C(CCl)NS(=O)(=O)c1cccc(Cl)c1. The molecule has 6 heteroatoms. The number of hydrogen-bond acceptors (Lipinski definition) is 2. The fourth-order valence-electron chi connectivity index (χ4n) is 1.25. The second-order valence-electron chi connectivity index (χ2n) is 4.08. The summed E-state index contributed by atoms with van der Waals surface area (Å²) in [4.78, 5) is 0.153. The van der Waals surface area contributed by atoms with Gasteiger partial charge in [0.2, 0.25) is 10.0 Å². The van der Waals surface area contributed by atoms with Crippen molar-refractivity contribution < 1.29 is 8.42 Å². The maximum absolute atomic E-state index is 12.0. The van der Waals surface area contributed by atoms with E-state index in [1.54, 1.807) is 12.1 Å². The van der Waals surface area contributed by atoms with Gasteiger partial charge in [-0.1, -0.05) is 31.5 Å². The molecule has 1 N–H and O–H groups in total. The first kappa shape index (κ1) is 14.8. The summed E-state index contributed by atoms with van der Waals surface area (Å²) in [6.07, 6.45) is 0. The highest BCUT2D eigenvalue weighted by molar-refractivity contribution is 7.89. The molecule has 0 heterocycles. The van der Waals surface area contributed by atoms with E-state index in [1.807, 2.05) is 13.8 Å². The molecule has 0 aromatic heterocycles. The highest BCUT2D eigenvalue weighted by Crippen LogP contribution is 2.16. The standard InChI is InChI=1S/C11H15Cl2NO2S/c1-8(2)11(7-12)14-17(15,16)10-5-3-4-9(13)6-10/h3-6,8,11,14H,7H2,1-2H3. The van der Waals surface area contributed by atoms with E-state index in [1.165, 1.54) is 12.1 Å². The van der Waals surface area contributed by atoms with E-state index in [2.05, 4.69) is 4.72 Å². The third kappa shape index (κ3) is 4.14. The molecule has 1 aromatic rings. The number of nitrogens with one attached hydrogen (secondary N) is 1. The van der Waals surface area contributed by atoms with Crippen molar-refractivity contribution in [2.45, 2.75) is 24.8 Å². The van der Waals surface area contributed by atoms with Crippen LogP contribution < -0.4 is 4.72 Å². The second kappa shape index (κ2) is 6.05. The first-order valence-electron chi connectivity index (χ1n) is 5.20. The summed E-state index contributed by atoms with van der Waals surface area (Å²) in [5.41, 5.74) is 0. The topological polar surface area (TPSA) is 46.2 Å². The maximum Gasteiger partial charge on any atom is 0.240 e. The van der Waals surface area contributed by atoms with Gasteiger partial charge in [-0.2, -0.15) is 0 Å². The highest BCUT2D eigenvalue weighted by Gasteiger charge is 2.21. The Hall–Kier alpha value is -0.290. The van der Waals surface area contributed by atoms with Gasteiger partial charge in [-0.3, -0.25) is 0 Å². The molecule has 0 saturated heterocycles. The van der Waals surface area contributed by atoms with Crippen molar-refractivity contribution in [2.75, 3.05) is 5.88 Å². The van der Waals surface area contributed by atoms with Crippen molar-refractivity contribution in [3.05, 3.63) is 29.3 Å². The molecular formula is C11H15Cl2NO2S. The molecule has 0 fully saturated rings. The van der Waals surface area contributed by atoms with Crippen LogP contribution in [0.3, 0.4) is 0 Å². The molecule has 0 aliphatic carbocycles. The van der Waals surface area contributed by atoms with Crippen LogP contribution in [0.25, 0.3) is 0 Å². The van der Waals surface area contributed by atoms with Gasteiger partial charge in [0.15, 0.2) is 0 Å². The smallest absolute Gasteiger partial charge is 0.207 e. The lowest BCUT2D eigenvalue weighted by molar-refractivity contribution is 0.480. The molecule has 1 rings (SSSR count). The maximum atomic E-state index is 12.0. The van der Waals surface area contributed by atoms with Crippen LogP contribution in [0.2, 0.25) is 5.02 Å². The molecule has 3 nitrogen and oxygen atoms in total. The molecule has 1 unspecified atom stereocenters. The fourth-order valence-corrected chi connectivity index (χ4v) is 3.46. The summed E-state index contributed by atoms with van der Waals surface area (Å²) in [7, 11) is -3.56. The van der Waals surface area contributed by atoms with E-state index in [0.717, 1.165) is 0 Å². The summed E-state index contributed by atoms with van der Waals surface area (Å²) in [5, 5.41) is 0.389. The average molecular weight is 296 g/mol. The summed E-state index contributed by atoms with van der Waals surface area (Å²) >= 11 is 11.5. The molecule has 17 heavy (non-hydrogen) atoms. The van der Waals surface area contributed by atoms with Crippen LogP contribution >= 0.6 is 23.2 Å². The third-order valence-electron chi connectivity index (χ3n) is 2.38. The number of sulfonamides is 1. The first-order chi connectivity index (χ1) is 7.86. The van der Waals surface area contributed by atoms with Crippen LogP contribution in [0, 0.1) is 5.92 Å². The molecule has 0 aliphatic heterocycles. The molecule has 0 bridgehead atoms. The minimum Gasteiger partial charge on any atom is -0.207 e. The molecule has 1 atom stereocenters. The molecular weight excluding hydrogens is 281 g/mol. The average Bonchev–Trinajstić information content (AvgIpc) is 2.25. The fraction of sp³-hybridized carbons (Fsp3) is 0.455. The van der Waals surface area contributed by atoms with E-state index in [-0.39, 0.29) is 22.7 Å². The molecule has 0 aliphatic rings. The molecule has 0 saturated carbocycles. The van der Waals surface area contributed by atoms with E-state index in [0.29, 0.717) is 5.02 Å². The van der Waals surface area contributed by atoms with Gasteiger partial charge >= 0.3 is 0 Å². The molecule has 96 valence electrons. The highest BCUT2D eigenvalue weighted by atomic mass is 35.5. The van der Waals surface area contributed by atoms with Crippen LogP contribution in [-0.4, -0.2) is 20.3 Å². The van der Waals surface area contributed by atoms with Gasteiger partial charge in [0, 0.05) is 16.9 Å². The molecule has 0 radical (unpaired) electrons. The van der Waals surface area contributed by atoms with E-state index >= 15 is 0 Å². The van der Waals surface area contributed by atoms with Crippen molar-refractivity contribution in [1.29, 1.82) is 0 Å². The van der Waals surface area contributed by atoms with Crippen LogP contribution in [0.1, 0.15) is 13.8 Å². The number of alkyl halides is 1. The van der Waals surface area contributed by atoms with Crippen molar-refractivity contribution in [1.82, 2.24) is 4.72 Å². The predicted octanol–water partition coefficient (Wildman–Crippen LogP) is 2.88. The van der Waals surface area contributed by atoms with Gasteiger partial charge < -0.3 is 0 Å². The first-order valence-corrected chi connectivity index (χ1v) is 7.60. The Bertz CT molecular complexity index is 474. The van der Waals surface area contributed by atoms with Gasteiger partial charge in [0.1, 0.15) is 0 Å². The van der Waals surface area contributed by atoms with Crippen LogP contribution in [0.4, 0.5) is 0 Å². The predicted molar refractivity (Wildman–Crippen MR) is 71.1 cm³/mol. The Morgan fingerprint density at radius 1 is 1.35 bits per heavy atom. The van der Waals surface area contributed by atoms with Crippen LogP contribution in [-0.2, 0) is 10.0 Å². The van der Waals surface area contributed by atoms with Crippen molar-refractivity contribution in [2.24, 2.45) is 5.92 Å². The largest absolute Gasteiger partial charge is 0.240 e. The lowest BCUT2D eigenvalue weighted by Crippen LogP contribution is -2.39. The molecule has 1 aromatic carbocycles. The number of halogens is 2. The summed E-state index contributed by atoms with van der Waals surface area (Å²) < 4.78 is 26.6. The Morgan fingerprint density at radius 3 is 2.47 bits per heavy atom. The zero-order valence-corrected chi connectivity index (χ0v) is 12.0. The van der Waals surface area contributed by atoms with Crippen molar-refractivity contribution >= 4 is 33.2 Å². The third-order valence-corrected chi connectivity index (χ3v) is 4.44. The quantitative estimate of drug-likeness (QED) is 0.849. The van der Waals surface area contributed by atoms with Gasteiger partial charge in [0.05, 0.1) is 4.90 Å². The lowest BCUT2D eigenvalue weighted by Gasteiger charge is -2.19.